The fourth-order valence-corrected chi connectivity index (χ4v) is 3.99. The average molecular weight is 352 g/mol. The van der Waals surface area contributed by atoms with Crippen LogP contribution in [0.1, 0.15) is 26.8 Å². The van der Waals surface area contributed by atoms with Crippen molar-refractivity contribution in [3.05, 3.63) is 51.7 Å². The highest BCUT2D eigenvalue weighted by Gasteiger charge is 2.31. The molecule has 20 heavy (non-hydrogen) atoms. The summed E-state index contributed by atoms with van der Waals surface area (Å²) in [6.45, 7) is 0. The van der Waals surface area contributed by atoms with E-state index in [-0.39, 0.29) is 16.8 Å². The van der Waals surface area contributed by atoms with Crippen molar-refractivity contribution in [2.45, 2.75) is 17.3 Å². The Morgan fingerprint density at radius 3 is 3.00 bits per heavy atom. The average Bonchev–Trinajstić information content (AvgIpc) is 3.04. The number of amides is 1. The van der Waals surface area contributed by atoms with Gasteiger partial charge in [-0.25, -0.2) is 0 Å². The summed E-state index contributed by atoms with van der Waals surface area (Å²) < 4.78 is 5.11. The monoisotopic (exact) mass is 351 g/mol. The van der Waals surface area contributed by atoms with Gasteiger partial charge in [-0.15, -0.1) is 11.3 Å². The van der Waals surface area contributed by atoms with Gasteiger partial charge in [-0.1, -0.05) is 40.2 Å². The predicted octanol–water partition coefficient (Wildman–Crippen LogP) is 3.55. The quantitative estimate of drug-likeness (QED) is 0.858. The van der Waals surface area contributed by atoms with Gasteiger partial charge in [-0.05, 0) is 17.5 Å². The Kier molecular flexibility index (Phi) is 3.81. The largest absolute Gasteiger partial charge is 0.496 e. The second-order valence-electron chi connectivity index (χ2n) is 4.72. The van der Waals surface area contributed by atoms with Crippen LogP contribution in [0.25, 0.3) is 0 Å². The fourth-order valence-electron chi connectivity index (χ4n) is 2.47. The van der Waals surface area contributed by atoms with Crippen LogP contribution in [0.5, 0.6) is 5.75 Å². The van der Waals surface area contributed by atoms with Gasteiger partial charge in [0.25, 0.3) is 5.91 Å². The first-order valence-corrected chi connectivity index (χ1v) is 8.14. The van der Waals surface area contributed by atoms with Gasteiger partial charge in [0.05, 0.1) is 18.0 Å². The Hall–Kier alpha value is -1.33. The molecule has 2 aromatic rings. The second kappa shape index (κ2) is 5.58. The van der Waals surface area contributed by atoms with Gasteiger partial charge >= 0.3 is 0 Å². The third kappa shape index (κ3) is 2.47. The first-order chi connectivity index (χ1) is 9.69. The molecule has 0 saturated heterocycles. The maximum Gasteiger partial charge on any atom is 0.262 e. The van der Waals surface area contributed by atoms with Crippen LogP contribution in [0.15, 0.2) is 35.7 Å². The van der Waals surface area contributed by atoms with Crippen molar-refractivity contribution in [1.29, 1.82) is 0 Å². The summed E-state index contributed by atoms with van der Waals surface area (Å²) >= 11 is 5.07. The van der Waals surface area contributed by atoms with Gasteiger partial charge in [-0.3, -0.25) is 4.79 Å². The Balaban J connectivity index is 1.79. The van der Waals surface area contributed by atoms with E-state index in [0.717, 1.165) is 12.2 Å². The van der Waals surface area contributed by atoms with E-state index < -0.39 is 0 Å². The van der Waals surface area contributed by atoms with Gasteiger partial charge in [0, 0.05) is 16.3 Å². The highest BCUT2D eigenvalue weighted by atomic mass is 79.9. The van der Waals surface area contributed by atoms with Gasteiger partial charge in [0.2, 0.25) is 0 Å². The Bertz CT molecular complexity index is 640. The molecule has 1 aliphatic carbocycles. The van der Waals surface area contributed by atoms with Crippen molar-refractivity contribution < 1.29 is 9.53 Å². The van der Waals surface area contributed by atoms with E-state index in [4.69, 9.17) is 4.74 Å². The predicted molar refractivity (Wildman–Crippen MR) is 83.9 cm³/mol. The number of thiophene rings is 1. The molecule has 1 amide bonds. The van der Waals surface area contributed by atoms with Crippen LogP contribution in [-0.2, 0) is 6.42 Å². The number of carbonyl (C=O) groups excluding carboxylic acids is 1. The maximum atomic E-state index is 12.3. The van der Waals surface area contributed by atoms with Gasteiger partial charge in [-0.2, -0.15) is 0 Å². The molecule has 1 aromatic heterocycles. The first-order valence-electron chi connectivity index (χ1n) is 6.34. The topological polar surface area (TPSA) is 38.3 Å². The molecule has 0 bridgehead atoms. The number of benzene rings is 1. The maximum absolute atomic E-state index is 12.3. The molecular formula is C15H14BrNO2S. The molecule has 1 N–H and O–H groups in total. The fraction of sp³-hybridized carbons (Fsp3) is 0.267. The van der Waals surface area contributed by atoms with Crippen molar-refractivity contribution in [3.8, 4) is 5.75 Å². The Morgan fingerprint density at radius 2 is 2.25 bits per heavy atom. The van der Waals surface area contributed by atoms with Crippen LogP contribution in [0, 0.1) is 0 Å². The zero-order chi connectivity index (χ0) is 14.1. The van der Waals surface area contributed by atoms with Gasteiger partial charge in [0.1, 0.15) is 5.75 Å². The smallest absolute Gasteiger partial charge is 0.262 e. The zero-order valence-corrected chi connectivity index (χ0v) is 13.3. The summed E-state index contributed by atoms with van der Waals surface area (Å²) in [5.74, 6) is 0.673. The molecule has 0 aliphatic heterocycles. The second-order valence-corrected chi connectivity index (χ2v) is 6.81. The highest BCUT2D eigenvalue weighted by molar-refractivity contribution is 9.09. The minimum atomic E-state index is -0.0514. The minimum absolute atomic E-state index is 0.0202. The van der Waals surface area contributed by atoms with E-state index >= 15 is 0 Å². The summed E-state index contributed by atoms with van der Waals surface area (Å²) in [7, 11) is 1.60. The van der Waals surface area contributed by atoms with Crippen LogP contribution in [0.3, 0.4) is 0 Å². The molecule has 3 nitrogen and oxygen atoms in total. The number of hydrogen-bond acceptors (Lipinski definition) is 3. The molecule has 104 valence electrons. The summed E-state index contributed by atoms with van der Waals surface area (Å²) in [5, 5.41) is 4.94. The lowest BCUT2D eigenvalue weighted by Gasteiger charge is -2.17. The molecule has 1 heterocycles. The third-order valence-electron chi connectivity index (χ3n) is 3.49. The van der Waals surface area contributed by atoms with E-state index in [2.05, 4.69) is 33.4 Å². The number of ether oxygens (including phenoxy) is 1. The van der Waals surface area contributed by atoms with E-state index in [1.165, 1.54) is 22.5 Å². The van der Waals surface area contributed by atoms with Gasteiger partial charge < -0.3 is 10.1 Å². The van der Waals surface area contributed by atoms with Crippen molar-refractivity contribution >= 4 is 33.2 Å². The minimum Gasteiger partial charge on any atom is -0.496 e. The third-order valence-corrected chi connectivity index (χ3v) is 5.25. The molecule has 1 aromatic carbocycles. The molecule has 2 unspecified atom stereocenters. The normalized spacial score (nSPS) is 20.5. The molecular weight excluding hydrogens is 338 g/mol. The molecule has 2 atom stereocenters. The van der Waals surface area contributed by atoms with Gasteiger partial charge in [0.15, 0.2) is 0 Å². The van der Waals surface area contributed by atoms with Crippen LogP contribution < -0.4 is 10.1 Å². The van der Waals surface area contributed by atoms with Crippen molar-refractivity contribution in [3.63, 3.8) is 0 Å². The molecule has 0 radical (unpaired) electrons. The van der Waals surface area contributed by atoms with Crippen molar-refractivity contribution in [1.82, 2.24) is 5.32 Å². The van der Waals surface area contributed by atoms with E-state index in [9.17, 15) is 4.79 Å². The van der Waals surface area contributed by atoms with Crippen LogP contribution in [-0.4, -0.2) is 17.8 Å². The van der Waals surface area contributed by atoms with Crippen LogP contribution in [0.2, 0.25) is 0 Å². The Morgan fingerprint density at radius 1 is 1.45 bits per heavy atom. The summed E-state index contributed by atoms with van der Waals surface area (Å²) in [6, 6.07) is 10.0. The molecule has 1 aliphatic rings. The number of hydrogen-bond donors (Lipinski definition) is 1. The van der Waals surface area contributed by atoms with E-state index in [1.807, 2.05) is 17.5 Å². The summed E-state index contributed by atoms with van der Waals surface area (Å²) in [6.07, 6.45) is 0.939. The number of methoxy groups -OCH3 is 1. The summed E-state index contributed by atoms with van der Waals surface area (Å²) in [4.78, 5) is 13.2. The van der Waals surface area contributed by atoms with Crippen molar-refractivity contribution in [2.75, 3.05) is 7.11 Å². The standard InChI is InChI=1S/C15H14BrNO2S/c1-19-10-7-13(20-8-10)15(18)17-14-11-5-3-2-4-9(11)6-12(14)16/h2-5,7-8,12,14H,6H2,1H3,(H,17,18). The SMILES string of the molecule is COc1csc(C(=O)NC2c3ccccc3CC2Br)c1. The number of alkyl halides is 1. The molecule has 0 spiro atoms. The zero-order valence-electron chi connectivity index (χ0n) is 10.9. The van der Waals surface area contributed by atoms with Crippen LogP contribution in [0.4, 0.5) is 0 Å². The summed E-state index contributed by atoms with van der Waals surface area (Å²) in [5.41, 5.74) is 2.50. The van der Waals surface area contributed by atoms with Crippen molar-refractivity contribution in [2.24, 2.45) is 0 Å². The molecule has 3 rings (SSSR count). The molecule has 5 heteroatoms. The molecule has 0 fully saturated rings. The lowest BCUT2D eigenvalue weighted by atomic mass is 10.1. The number of halogens is 1. The number of rotatable bonds is 3. The molecule has 0 saturated carbocycles. The number of carbonyl (C=O) groups is 1. The number of fused-ring (bicyclic) bond motifs is 1. The number of nitrogens with one attached hydrogen (secondary N) is 1. The Labute approximate surface area is 130 Å². The van der Waals surface area contributed by atoms with Crippen LogP contribution >= 0.6 is 27.3 Å². The lowest BCUT2D eigenvalue weighted by molar-refractivity contribution is 0.0942. The van der Waals surface area contributed by atoms with E-state index in [0.29, 0.717) is 4.88 Å². The van der Waals surface area contributed by atoms with E-state index in [1.54, 1.807) is 13.2 Å². The highest BCUT2D eigenvalue weighted by Crippen LogP contribution is 2.36. The first kappa shape index (κ1) is 13.6. The lowest BCUT2D eigenvalue weighted by Crippen LogP contribution is -2.31.